The molecule has 1 aliphatic rings. The van der Waals surface area contributed by atoms with E-state index in [1.165, 1.54) is 23.6 Å². The highest BCUT2D eigenvalue weighted by Gasteiger charge is 2.12. The molecular weight excluding hydrogens is 284 g/mol. The number of aryl methyl sites for hydroxylation is 1. The molecule has 0 bridgehead atoms. The zero-order chi connectivity index (χ0) is 16.1. The Morgan fingerprint density at radius 3 is 2.36 bits per heavy atom. The quantitative estimate of drug-likeness (QED) is 0.781. The Balaban J connectivity index is 0.000000205. The molecule has 0 radical (unpaired) electrons. The third-order valence-corrected chi connectivity index (χ3v) is 3.24. The number of nitrogens with zero attached hydrogens (tertiary/aromatic N) is 1. The molecule has 2 aromatic rings. The molecule has 6 heteroatoms. The highest BCUT2D eigenvalue weighted by atomic mass is 16.5. The van der Waals surface area contributed by atoms with Gasteiger partial charge < -0.3 is 9.72 Å². The average Bonchev–Trinajstić information content (AvgIpc) is 3.26. The van der Waals surface area contributed by atoms with Gasteiger partial charge in [0.1, 0.15) is 0 Å². The summed E-state index contributed by atoms with van der Waals surface area (Å²) in [7, 11) is 1.11. The number of aromatic amines is 1. The summed E-state index contributed by atoms with van der Waals surface area (Å²) in [5, 5.41) is 0. The summed E-state index contributed by atoms with van der Waals surface area (Å²) in [5.41, 5.74) is 2.14. The van der Waals surface area contributed by atoms with Crippen LogP contribution in [0.1, 0.15) is 30.2 Å². The van der Waals surface area contributed by atoms with Gasteiger partial charge in [-0.3, -0.25) is 4.79 Å². The van der Waals surface area contributed by atoms with Crippen LogP contribution in [0.15, 0.2) is 39.9 Å². The standard InChI is InChI=1S/C9H12N2O4.C7H6/c1-3-4-6-5-7(12)11(8(13)10-6)9(14)15-2;1-2-4-7-5-6(7)3-1/h5H,3-4H2,1-2H3,(H,10,13);1-4H,5H2. The summed E-state index contributed by atoms with van der Waals surface area (Å²) in [6, 6.07) is 9.75. The number of carbonyl (C=O) groups excluding carboxylic acids is 1. The van der Waals surface area contributed by atoms with Gasteiger partial charge in [0.15, 0.2) is 0 Å². The molecule has 0 unspecified atom stereocenters. The summed E-state index contributed by atoms with van der Waals surface area (Å²) < 4.78 is 4.72. The molecule has 0 saturated carbocycles. The van der Waals surface area contributed by atoms with E-state index in [-0.39, 0.29) is 0 Å². The van der Waals surface area contributed by atoms with E-state index in [2.05, 4.69) is 34.0 Å². The number of carbonyl (C=O) groups is 1. The van der Waals surface area contributed by atoms with E-state index < -0.39 is 17.3 Å². The number of rotatable bonds is 2. The Bertz CT molecular complexity index is 737. The highest BCUT2D eigenvalue weighted by molar-refractivity contribution is 5.69. The molecule has 0 amide bonds. The number of nitrogens with one attached hydrogen (secondary N) is 1. The van der Waals surface area contributed by atoms with Crippen molar-refractivity contribution in [2.45, 2.75) is 26.2 Å². The van der Waals surface area contributed by atoms with Crippen molar-refractivity contribution in [3.8, 4) is 0 Å². The Kier molecular flexibility index (Phi) is 4.93. The zero-order valence-corrected chi connectivity index (χ0v) is 12.6. The van der Waals surface area contributed by atoms with Crippen LogP contribution < -0.4 is 11.2 Å². The molecular formula is C16H18N2O4. The fraction of sp³-hybridized carbons (Fsp3) is 0.312. The highest BCUT2D eigenvalue weighted by Crippen LogP contribution is 2.25. The second kappa shape index (κ2) is 6.89. The summed E-state index contributed by atoms with van der Waals surface area (Å²) in [4.78, 5) is 36.2. The topological polar surface area (TPSA) is 81.2 Å². The number of hydrogen-bond acceptors (Lipinski definition) is 4. The number of ether oxygens (including phenoxy) is 1. The number of H-pyrrole nitrogens is 1. The first-order chi connectivity index (χ1) is 10.6. The molecule has 0 saturated heterocycles. The Morgan fingerprint density at radius 2 is 1.91 bits per heavy atom. The Labute approximate surface area is 127 Å². The van der Waals surface area contributed by atoms with Gasteiger partial charge in [-0.15, -0.1) is 0 Å². The van der Waals surface area contributed by atoms with Crippen molar-refractivity contribution in [2.24, 2.45) is 0 Å². The number of aromatic nitrogens is 2. The molecule has 0 fully saturated rings. The van der Waals surface area contributed by atoms with Crippen LogP contribution >= 0.6 is 0 Å². The second-order valence-corrected chi connectivity index (χ2v) is 4.94. The van der Waals surface area contributed by atoms with Gasteiger partial charge in [0, 0.05) is 11.8 Å². The predicted octanol–water partition coefficient (Wildman–Crippen LogP) is 1.69. The van der Waals surface area contributed by atoms with E-state index in [1.54, 1.807) is 0 Å². The van der Waals surface area contributed by atoms with E-state index in [9.17, 15) is 14.4 Å². The number of fused-ring (bicyclic) bond motifs is 1. The fourth-order valence-corrected chi connectivity index (χ4v) is 2.05. The van der Waals surface area contributed by atoms with Gasteiger partial charge in [0.2, 0.25) is 0 Å². The van der Waals surface area contributed by atoms with Crippen LogP contribution in [0, 0.1) is 0 Å². The zero-order valence-electron chi connectivity index (χ0n) is 12.6. The molecule has 1 aromatic carbocycles. The number of benzene rings is 1. The first kappa shape index (κ1) is 15.8. The molecule has 3 rings (SSSR count). The van der Waals surface area contributed by atoms with Gasteiger partial charge in [-0.1, -0.05) is 37.6 Å². The third-order valence-electron chi connectivity index (χ3n) is 3.24. The van der Waals surface area contributed by atoms with Crippen molar-refractivity contribution in [3.05, 3.63) is 68.0 Å². The molecule has 1 heterocycles. The van der Waals surface area contributed by atoms with E-state index in [4.69, 9.17) is 0 Å². The maximum atomic E-state index is 11.4. The first-order valence-electron chi connectivity index (χ1n) is 7.07. The smallest absolute Gasteiger partial charge is 0.425 e. The van der Waals surface area contributed by atoms with Crippen LogP contribution in [0.3, 0.4) is 0 Å². The van der Waals surface area contributed by atoms with Gasteiger partial charge >= 0.3 is 11.8 Å². The number of hydrogen-bond donors (Lipinski definition) is 1. The van der Waals surface area contributed by atoms with Crippen molar-refractivity contribution in [1.29, 1.82) is 0 Å². The summed E-state index contributed by atoms with van der Waals surface area (Å²) in [6.07, 6.45) is 1.65. The minimum absolute atomic E-state index is 0.416. The van der Waals surface area contributed by atoms with Crippen LogP contribution in [0.4, 0.5) is 4.79 Å². The molecule has 1 N–H and O–H groups in total. The molecule has 1 aliphatic carbocycles. The van der Waals surface area contributed by atoms with Crippen LogP contribution in [0.25, 0.3) is 0 Å². The molecule has 0 spiro atoms. The lowest BCUT2D eigenvalue weighted by Crippen LogP contribution is -2.40. The first-order valence-corrected chi connectivity index (χ1v) is 7.07. The maximum absolute atomic E-state index is 11.4. The van der Waals surface area contributed by atoms with Gasteiger partial charge in [-0.05, 0) is 24.0 Å². The van der Waals surface area contributed by atoms with Crippen LogP contribution in [-0.2, 0) is 17.6 Å². The van der Waals surface area contributed by atoms with Crippen molar-refractivity contribution in [3.63, 3.8) is 0 Å². The molecule has 22 heavy (non-hydrogen) atoms. The van der Waals surface area contributed by atoms with Crippen molar-refractivity contribution >= 4 is 6.09 Å². The lowest BCUT2D eigenvalue weighted by Gasteiger charge is -2.02. The summed E-state index contributed by atoms with van der Waals surface area (Å²) in [6.45, 7) is 1.92. The second-order valence-electron chi connectivity index (χ2n) is 4.94. The molecule has 6 nitrogen and oxygen atoms in total. The Hall–Kier alpha value is -2.63. The lowest BCUT2D eigenvalue weighted by molar-refractivity contribution is 0.170. The van der Waals surface area contributed by atoms with Gasteiger partial charge in [-0.25, -0.2) is 9.59 Å². The van der Waals surface area contributed by atoms with E-state index >= 15 is 0 Å². The summed E-state index contributed by atoms with van der Waals surface area (Å²) in [5.74, 6) is 0. The molecule has 1 aromatic heterocycles. The largest absolute Gasteiger partial charge is 0.452 e. The monoisotopic (exact) mass is 302 g/mol. The van der Waals surface area contributed by atoms with Crippen LogP contribution in [0.5, 0.6) is 0 Å². The van der Waals surface area contributed by atoms with E-state index in [0.717, 1.165) is 13.5 Å². The third kappa shape index (κ3) is 3.72. The van der Waals surface area contributed by atoms with Gasteiger partial charge in [0.25, 0.3) is 5.56 Å². The fourth-order valence-electron chi connectivity index (χ4n) is 2.05. The maximum Gasteiger partial charge on any atom is 0.425 e. The minimum atomic E-state index is -0.982. The van der Waals surface area contributed by atoms with Crippen molar-refractivity contribution in [1.82, 2.24) is 9.55 Å². The van der Waals surface area contributed by atoms with Crippen molar-refractivity contribution < 1.29 is 9.53 Å². The van der Waals surface area contributed by atoms with Crippen LogP contribution in [0.2, 0.25) is 0 Å². The molecule has 0 atom stereocenters. The number of methoxy groups -OCH3 is 1. The van der Waals surface area contributed by atoms with Gasteiger partial charge in [0.05, 0.1) is 7.11 Å². The summed E-state index contributed by atoms with van der Waals surface area (Å²) >= 11 is 0. The minimum Gasteiger partial charge on any atom is -0.452 e. The van der Waals surface area contributed by atoms with Gasteiger partial charge in [-0.2, -0.15) is 4.57 Å². The van der Waals surface area contributed by atoms with E-state index in [1.807, 2.05) is 6.92 Å². The lowest BCUT2D eigenvalue weighted by atomic mass is 10.2. The van der Waals surface area contributed by atoms with Crippen LogP contribution in [-0.4, -0.2) is 22.8 Å². The predicted molar refractivity (Wildman–Crippen MR) is 82.4 cm³/mol. The van der Waals surface area contributed by atoms with Crippen molar-refractivity contribution in [2.75, 3.05) is 7.11 Å². The molecule has 116 valence electrons. The van der Waals surface area contributed by atoms with E-state index in [0.29, 0.717) is 16.7 Å². The molecule has 0 aliphatic heterocycles. The Morgan fingerprint density at radius 1 is 1.27 bits per heavy atom. The normalized spacial score (nSPS) is 11.0. The average molecular weight is 302 g/mol. The SMILES string of the molecule is CCCc1cc(=O)n(C(=O)OC)c(=O)[nH]1.c1ccc2c(c1)C2.